The molecular formula is C29H33Cl2N3O5S. The average Bonchev–Trinajstić information content (AvgIpc) is 2.95. The Morgan fingerprint density at radius 1 is 0.925 bits per heavy atom. The van der Waals surface area contributed by atoms with Gasteiger partial charge in [0, 0.05) is 28.2 Å². The lowest BCUT2D eigenvalue weighted by Crippen LogP contribution is -2.52. The second kappa shape index (κ2) is 13.9. The Morgan fingerprint density at radius 2 is 1.52 bits per heavy atom. The van der Waals surface area contributed by atoms with E-state index in [4.69, 9.17) is 27.9 Å². The number of hydrogen-bond donors (Lipinski definition) is 1. The minimum atomic E-state index is -4.17. The largest absolute Gasteiger partial charge is 0.497 e. The van der Waals surface area contributed by atoms with Gasteiger partial charge in [-0.2, -0.15) is 0 Å². The Kier molecular flexibility index (Phi) is 10.8. The lowest BCUT2D eigenvalue weighted by atomic mass is 10.1. The lowest BCUT2D eigenvalue weighted by molar-refractivity contribution is -0.139. The van der Waals surface area contributed by atoms with E-state index in [1.165, 1.54) is 24.1 Å². The van der Waals surface area contributed by atoms with Crippen LogP contribution < -0.4 is 14.4 Å². The summed E-state index contributed by atoms with van der Waals surface area (Å²) < 4.78 is 33.8. The molecule has 0 aliphatic rings. The fourth-order valence-corrected chi connectivity index (χ4v) is 5.85. The Balaban J connectivity index is 2.05. The lowest BCUT2D eigenvalue weighted by Gasteiger charge is -2.32. The Labute approximate surface area is 245 Å². The van der Waals surface area contributed by atoms with Crippen LogP contribution in [-0.2, 0) is 26.2 Å². The van der Waals surface area contributed by atoms with Crippen LogP contribution in [0.5, 0.6) is 5.75 Å². The molecule has 0 bridgehead atoms. The summed E-state index contributed by atoms with van der Waals surface area (Å²) in [5.74, 6) is -0.469. The number of halogens is 2. The van der Waals surface area contributed by atoms with E-state index < -0.39 is 28.5 Å². The average molecular weight is 607 g/mol. The molecule has 40 heavy (non-hydrogen) atoms. The van der Waals surface area contributed by atoms with Crippen molar-refractivity contribution in [3.63, 3.8) is 0 Å². The summed E-state index contributed by atoms with van der Waals surface area (Å²) in [4.78, 5) is 28.4. The Hall–Kier alpha value is -3.27. The molecule has 2 atom stereocenters. The molecule has 3 rings (SSSR count). The number of carbonyl (C=O) groups is 2. The Morgan fingerprint density at radius 3 is 2.08 bits per heavy atom. The molecule has 3 aromatic rings. The number of anilines is 1. The first kappa shape index (κ1) is 31.3. The summed E-state index contributed by atoms with van der Waals surface area (Å²) in [6.07, 6.45) is 0.698. The molecule has 0 aliphatic carbocycles. The third-order valence-corrected chi connectivity index (χ3v) is 9.03. The van der Waals surface area contributed by atoms with E-state index in [9.17, 15) is 18.0 Å². The van der Waals surface area contributed by atoms with Crippen LogP contribution in [0.3, 0.4) is 0 Å². The highest BCUT2D eigenvalue weighted by molar-refractivity contribution is 7.92. The number of ether oxygens (including phenoxy) is 1. The second-order valence-electron chi connectivity index (χ2n) is 9.24. The van der Waals surface area contributed by atoms with Gasteiger partial charge in [0.25, 0.3) is 10.0 Å². The van der Waals surface area contributed by atoms with Gasteiger partial charge < -0.3 is 15.0 Å². The van der Waals surface area contributed by atoms with Gasteiger partial charge in [0.05, 0.1) is 17.7 Å². The van der Waals surface area contributed by atoms with Crippen molar-refractivity contribution in [1.82, 2.24) is 10.2 Å². The van der Waals surface area contributed by atoms with E-state index in [1.807, 2.05) is 13.8 Å². The van der Waals surface area contributed by atoms with E-state index in [1.54, 1.807) is 67.6 Å². The number of methoxy groups -OCH3 is 1. The molecule has 0 fully saturated rings. The molecule has 2 amide bonds. The molecule has 0 heterocycles. The maximum Gasteiger partial charge on any atom is 0.264 e. The predicted molar refractivity (Wildman–Crippen MR) is 158 cm³/mol. The number of nitrogens with zero attached hydrogens (tertiary/aromatic N) is 2. The van der Waals surface area contributed by atoms with Crippen LogP contribution >= 0.6 is 23.2 Å². The highest BCUT2D eigenvalue weighted by atomic mass is 35.5. The molecule has 0 aromatic heterocycles. The fraction of sp³-hybridized carbons (Fsp3) is 0.310. The summed E-state index contributed by atoms with van der Waals surface area (Å²) in [7, 11) is -2.67. The topological polar surface area (TPSA) is 96.0 Å². The van der Waals surface area contributed by atoms with Crippen LogP contribution in [0.4, 0.5) is 5.69 Å². The van der Waals surface area contributed by atoms with Crippen molar-refractivity contribution in [3.05, 3.63) is 88.4 Å². The number of benzene rings is 3. The van der Waals surface area contributed by atoms with Crippen LogP contribution in [0.25, 0.3) is 0 Å². The molecule has 0 unspecified atom stereocenters. The first-order chi connectivity index (χ1) is 19.0. The van der Waals surface area contributed by atoms with E-state index in [0.29, 0.717) is 27.8 Å². The minimum Gasteiger partial charge on any atom is -0.497 e. The van der Waals surface area contributed by atoms with Crippen molar-refractivity contribution in [1.29, 1.82) is 0 Å². The van der Waals surface area contributed by atoms with Crippen molar-refractivity contribution in [2.45, 2.75) is 50.7 Å². The summed E-state index contributed by atoms with van der Waals surface area (Å²) in [5.41, 5.74) is 0.703. The van der Waals surface area contributed by atoms with Gasteiger partial charge in [-0.25, -0.2) is 8.42 Å². The molecule has 0 radical (unpaired) electrons. The normalized spacial score (nSPS) is 12.8. The van der Waals surface area contributed by atoms with Crippen molar-refractivity contribution in [3.8, 4) is 5.75 Å². The monoisotopic (exact) mass is 605 g/mol. The van der Waals surface area contributed by atoms with E-state index >= 15 is 0 Å². The summed E-state index contributed by atoms with van der Waals surface area (Å²) >= 11 is 12.8. The van der Waals surface area contributed by atoms with Crippen molar-refractivity contribution in [2.24, 2.45) is 0 Å². The van der Waals surface area contributed by atoms with Gasteiger partial charge in [-0.1, -0.05) is 54.4 Å². The quantitative estimate of drug-likeness (QED) is 0.293. The van der Waals surface area contributed by atoms with Gasteiger partial charge in [-0.15, -0.1) is 0 Å². The van der Waals surface area contributed by atoms with Crippen LogP contribution in [0.2, 0.25) is 10.0 Å². The van der Waals surface area contributed by atoms with Gasteiger partial charge in [0.15, 0.2) is 0 Å². The zero-order valence-corrected chi connectivity index (χ0v) is 25.1. The number of amides is 2. The van der Waals surface area contributed by atoms with Gasteiger partial charge in [-0.05, 0) is 68.8 Å². The maximum absolute atomic E-state index is 14.0. The molecular weight excluding hydrogens is 573 g/mol. The Bertz CT molecular complexity index is 1400. The maximum atomic E-state index is 14.0. The van der Waals surface area contributed by atoms with Gasteiger partial charge in [-0.3, -0.25) is 13.9 Å². The molecule has 8 nitrogen and oxygen atoms in total. The van der Waals surface area contributed by atoms with E-state index in [-0.39, 0.29) is 29.1 Å². The van der Waals surface area contributed by atoms with Crippen LogP contribution in [0.1, 0.15) is 32.8 Å². The van der Waals surface area contributed by atoms with Crippen LogP contribution in [0, 0.1) is 0 Å². The second-order valence-corrected chi connectivity index (χ2v) is 11.9. The first-order valence-electron chi connectivity index (χ1n) is 12.7. The fourth-order valence-electron chi connectivity index (χ4n) is 3.90. The van der Waals surface area contributed by atoms with Crippen molar-refractivity contribution in [2.75, 3.05) is 18.0 Å². The molecule has 214 valence electrons. The van der Waals surface area contributed by atoms with Gasteiger partial charge in [0.2, 0.25) is 11.8 Å². The minimum absolute atomic E-state index is 0.0156. The number of nitrogens with one attached hydrogen (secondary N) is 1. The number of rotatable bonds is 12. The highest BCUT2D eigenvalue weighted by Gasteiger charge is 2.33. The number of sulfonamides is 1. The zero-order valence-electron chi connectivity index (χ0n) is 22.8. The molecule has 3 aromatic carbocycles. The molecule has 0 spiro atoms. The molecule has 0 saturated carbocycles. The van der Waals surface area contributed by atoms with Crippen LogP contribution in [-0.4, -0.2) is 50.9 Å². The SMILES string of the molecule is CC[C@@H](C)NC(=O)[C@@H](C)N(Cc1c(Cl)cccc1Cl)C(=O)CN(c1ccc(OC)cc1)S(=O)(=O)c1ccccc1. The summed E-state index contributed by atoms with van der Waals surface area (Å²) in [5, 5.41) is 3.53. The number of carbonyl (C=O) groups excluding carboxylic acids is 2. The van der Waals surface area contributed by atoms with Gasteiger partial charge in [0.1, 0.15) is 18.3 Å². The van der Waals surface area contributed by atoms with Crippen molar-refractivity contribution >= 4 is 50.7 Å². The molecule has 1 N–H and O–H groups in total. The van der Waals surface area contributed by atoms with Crippen LogP contribution in [0.15, 0.2) is 77.7 Å². The standard InChI is InChI=1S/C29H33Cl2N3O5S/c1-5-20(2)32-29(36)21(3)33(18-25-26(30)12-9-13-27(25)31)28(35)19-34(22-14-16-23(39-4)17-15-22)40(37,38)24-10-7-6-8-11-24/h6-17,20-21H,5,18-19H2,1-4H3,(H,32,36)/t20-,21-/m1/s1. The summed E-state index contributed by atoms with van der Waals surface area (Å²) in [6, 6.07) is 18.0. The number of hydrogen-bond acceptors (Lipinski definition) is 5. The molecule has 0 aliphatic heterocycles. The molecule has 0 saturated heterocycles. The van der Waals surface area contributed by atoms with Gasteiger partial charge >= 0.3 is 0 Å². The first-order valence-corrected chi connectivity index (χ1v) is 14.9. The highest BCUT2D eigenvalue weighted by Crippen LogP contribution is 2.29. The summed E-state index contributed by atoms with van der Waals surface area (Å²) in [6.45, 7) is 4.70. The molecule has 11 heteroatoms. The third-order valence-electron chi connectivity index (χ3n) is 6.53. The van der Waals surface area contributed by atoms with E-state index in [2.05, 4.69) is 5.32 Å². The zero-order chi connectivity index (χ0) is 29.4. The van der Waals surface area contributed by atoms with Crippen molar-refractivity contribution < 1.29 is 22.7 Å². The third kappa shape index (κ3) is 7.47. The van der Waals surface area contributed by atoms with E-state index in [0.717, 1.165) is 4.31 Å². The smallest absolute Gasteiger partial charge is 0.264 e. The predicted octanol–water partition coefficient (Wildman–Crippen LogP) is 5.53.